The Kier molecular flexibility index (Phi) is 2.83. The number of nitrogens with two attached hydrogens (primary N) is 1. The number of amides is 1. The first-order valence-electron chi connectivity index (χ1n) is 6.23. The number of benzene rings is 1. The Hall–Kier alpha value is -2.14. The summed E-state index contributed by atoms with van der Waals surface area (Å²) in [6.07, 6.45) is 2.78. The number of carbonyl (C=O) groups excluding carboxylic acids is 1. The molecule has 0 fully saturated rings. The highest BCUT2D eigenvalue weighted by Gasteiger charge is 2.24. The van der Waals surface area contributed by atoms with Crippen LogP contribution in [-0.4, -0.2) is 24.5 Å². The van der Waals surface area contributed by atoms with Crippen LogP contribution in [0.15, 0.2) is 28.8 Å². The van der Waals surface area contributed by atoms with Crippen LogP contribution in [0.2, 0.25) is 0 Å². The molecule has 0 bridgehead atoms. The van der Waals surface area contributed by atoms with E-state index in [2.05, 4.69) is 4.98 Å². The number of nitrogens with zero attached hydrogens (tertiary/aromatic N) is 2. The maximum atomic E-state index is 11.6. The molecular weight excluding hydrogens is 242 g/mol. The Labute approximate surface area is 111 Å². The van der Waals surface area contributed by atoms with Crippen LogP contribution in [0, 0.1) is 0 Å². The molecule has 0 saturated heterocycles. The standard InChI is InChI=1S/C14H15N3O2/c1-17-11-3-2-9(6-10(11)7-14(17)18)12-8-16-13(19-12)4-5-15/h2-3,6,8H,4-5,7,15H2,1H3. The van der Waals surface area contributed by atoms with Gasteiger partial charge in [-0.3, -0.25) is 4.79 Å². The number of fused-ring (bicyclic) bond motifs is 1. The lowest BCUT2D eigenvalue weighted by Crippen LogP contribution is -2.20. The number of aromatic nitrogens is 1. The molecule has 1 aromatic heterocycles. The average molecular weight is 257 g/mol. The van der Waals surface area contributed by atoms with Crippen molar-refractivity contribution in [1.29, 1.82) is 0 Å². The summed E-state index contributed by atoms with van der Waals surface area (Å²) in [5.74, 6) is 1.48. The Morgan fingerprint density at radius 1 is 1.47 bits per heavy atom. The molecule has 2 N–H and O–H groups in total. The number of oxazole rings is 1. The molecule has 5 heteroatoms. The maximum Gasteiger partial charge on any atom is 0.231 e. The van der Waals surface area contributed by atoms with Gasteiger partial charge in [-0.25, -0.2) is 4.98 Å². The van der Waals surface area contributed by atoms with Crippen LogP contribution in [0.25, 0.3) is 11.3 Å². The van der Waals surface area contributed by atoms with E-state index in [1.165, 1.54) is 0 Å². The quantitative estimate of drug-likeness (QED) is 0.901. The van der Waals surface area contributed by atoms with Gasteiger partial charge in [0.15, 0.2) is 11.7 Å². The van der Waals surface area contributed by atoms with Gasteiger partial charge < -0.3 is 15.1 Å². The zero-order chi connectivity index (χ0) is 13.4. The normalized spacial score (nSPS) is 14.0. The number of hydrogen-bond acceptors (Lipinski definition) is 4. The first-order chi connectivity index (χ1) is 9.19. The van der Waals surface area contributed by atoms with Gasteiger partial charge in [-0.15, -0.1) is 0 Å². The Balaban J connectivity index is 1.94. The molecule has 0 radical (unpaired) electrons. The molecule has 0 atom stereocenters. The van der Waals surface area contributed by atoms with Gasteiger partial charge in [0.2, 0.25) is 5.91 Å². The molecule has 5 nitrogen and oxygen atoms in total. The fourth-order valence-electron chi connectivity index (χ4n) is 2.31. The number of anilines is 1. The molecule has 0 unspecified atom stereocenters. The predicted molar refractivity (Wildman–Crippen MR) is 71.8 cm³/mol. The van der Waals surface area contributed by atoms with Crippen LogP contribution >= 0.6 is 0 Å². The van der Waals surface area contributed by atoms with E-state index in [0.717, 1.165) is 16.8 Å². The Morgan fingerprint density at radius 3 is 3.11 bits per heavy atom. The van der Waals surface area contributed by atoms with Crippen molar-refractivity contribution in [3.05, 3.63) is 35.9 Å². The van der Waals surface area contributed by atoms with Crippen molar-refractivity contribution in [3.8, 4) is 11.3 Å². The van der Waals surface area contributed by atoms with E-state index >= 15 is 0 Å². The zero-order valence-corrected chi connectivity index (χ0v) is 10.7. The molecule has 1 amide bonds. The first-order valence-corrected chi connectivity index (χ1v) is 6.23. The van der Waals surface area contributed by atoms with E-state index in [-0.39, 0.29) is 5.91 Å². The summed E-state index contributed by atoms with van der Waals surface area (Å²) in [6, 6.07) is 5.88. The summed E-state index contributed by atoms with van der Waals surface area (Å²) < 4.78 is 5.63. The van der Waals surface area contributed by atoms with Gasteiger partial charge in [0.1, 0.15) is 0 Å². The van der Waals surface area contributed by atoms with Crippen molar-refractivity contribution in [2.24, 2.45) is 5.73 Å². The fourth-order valence-corrected chi connectivity index (χ4v) is 2.31. The highest BCUT2D eigenvalue weighted by atomic mass is 16.4. The van der Waals surface area contributed by atoms with E-state index in [9.17, 15) is 4.79 Å². The lowest BCUT2D eigenvalue weighted by molar-refractivity contribution is -0.117. The van der Waals surface area contributed by atoms with E-state index in [1.54, 1.807) is 18.1 Å². The second kappa shape index (κ2) is 4.51. The lowest BCUT2D eigenvalue weighted by atomic mass is 10.1. The third-order valence-electron chi connectivity index (χ3n) is 3.35. The summed E-state index contributed by atoms with van der Waals surface area (Å²) in [4.78, 5) is 17.5. The monoisotopic (exact) mass is 257 g/mol. The number of carbonyl (C=O) groups is 1. The molecule has 2 aromatic rings. The molecule has 98 valence electrons. The van der Waals surface area contributed by atoms with Gasteiger partial charge >= 0.3 is 0 Å². The predicted octanol–water partition coefficient (Wildman–Crippen LogP) is 1.36. The Bertz CT molecular complexity index is 633. The summed E-state index contributed by atoms with van der Waals surface area (Å²) in [5.41, 5.74) is 8.41. The number of hydrogen-bond donors (Lipinski definition) is 1. The van der Waals surface area contributed by atoms with Gasteiger partial charge in [0, 0.05) is 31.3 Å². The summed E-state index contributed by atoms with van der Waals surface area (Å²) in [7, 11) is 1.79. The summed E-state index contributed by atoms with van der Waals surface area (Å²) >= 11 is 0. The van der Waals surface area contributed by atoms with Crippen molar-refractivity contribution < 1.29 is 9.21 Å². The van der Waals surface area contributed by atoms with E-state index in [4.69, 9.17) is 10.2 Å². The Morgan fingerprint density at radius 2 is 2.32 bits per heavy atom. The third kappa shape index (κ3) is 2.02. The topological polar surface area (TPSA) is 72.4 Å². The fraction of sp³-hybridized carbons (Fsp3) is 0.286. The van der Waals surface area contributed by atoms with Gasteiger partial charge in [0.05, 0.1) is 12.6 Å². The van der Waals surface area contributed by atoms with Crippen molar-refractivity contribution in [2.75, 3.05) is 18.5 Å². The zero-order valence-electron chi connectivity index (χ0n) is 10.7. The highest BCUT2D eigenvalue weighted by Crippen LogP contribution is 2.32. The largest absolute Gasteiger partial charge is 0.441 e. The minimum Gasteiger partial charge on any atom is -0.441 e. The van der Waals surface area contributed by atoms with Crippen LogP contribution in [-0.2, 0) is 17.6 Å². The molecular formula is C14H15N3O2. The molecule has 0 aliphatic carbocycles. The van der Waals surface area contributed by atoms with E-state index < -0.39 is 0 Å². The van der Waals surface area contributed by atoms with Gasteiger partial charge in [-0.2, -0.15) is 0 Å². The molecule has 3 rings (SSSR count). The minimum atomic E-state index is 0.119. The van der Waals surface area contributed by atoms with Crippen molar-refractivity contribution >= 4 is 11.6 Å². The number of rotatable bonds is 3. The average Bonchev–Trinajstić information content (AvgIpc) is 2.96. The van der Waals surface area contributed by atoms with Crippen LogP contribution in [0.1, 0.15) is 11.5 Å². The first kappa shape index (κ1) is 11.9. The molecule has 1 aromatic carbocycles. The third-order valence-corrected chi connectivity index (χ3v) is 3.35. The van der Waals surface area contributed by atoms with Crippen molar-refractivity contribution in [2.45, 2.75) is 12.8 Å². The molecule has 19 heavy (non-hydrogen) atoms. The minimum absolute atomic E-state index is 0.119. The van der Waals surface area contributed by atoms with E-state index in [0.29, 0.717) is 31.0 Å². The molecule has 1 aliphatic rings. The molecule has 2 heterocycles. The van der Waals surface area contributed by atoms with Gasteiger partial charge in [-0.05, 0) is 23.8 Å². The maximum absolute atomic E-state index is 11.6. The van der Waals surface area contributed by atoms with Crippen LogP contribution < -0.4 is 10.6 Å². The second-order valence-electron chi connectivity index (χ2n) is 4.63. The molecule has 0 spiro atoms. The summed E-state index contributed by atoms with van der Waals surface area (Å²) in [6.45, 7) is 0.517. The van der Waals surface area contributed by atoms with E-state index in [1.807, 2.05) is 18.2 Å². The van der Waals surface area contributed by atoms with Crippen molar-refractivity contribution in [3.63, 3.8) is 0 Å². The van der Waals surface area contributed by atoms with Crippen LogP contribution in [0.3, 0.4) is 0 Å². The number of likely N-dealkylation sites (N-methyl/N-ethyl adjacent to an activating group) is 1. The van der Waals surface area contributed by atoms with Gasteiger partial charge in [-0.1, -0.05) is 0 Å². The highest BCUT2D eigenvalue weighted by molar-refractivity contribution is 6.01. The molecule has 1 aliphatic heterocycles. The van der Waals surface area contributed by atoms with Crippen molar-refractivity contribution in [1.82, 2.24) is 4.98 Å². The molecule has 0 saturated carbocycles. The second-order valence-corrected chi connectivity index (χ2v) is 4.63. The van der Waals surface area contributed by atoms with Crippen LogP contribution in [0.4, 0.5) is 5.69 Å². The summed E-state index contributed by atoms with van der Waals surface area (Å²) in [5, 5.41) is 0. The van der Waals surface area contributed by atoms with Crippen LogP contribution in [0.5, 0.6) is 0 Å². The van der Waals surface area contributed by atoms with Gasteiger partial charge in [0.25, 0.3) is 0 Å². The SMILES string of the molecule is CN1C(=O)Cc2cc(-c3cnc(CCN)o3)ccc21. The smallest absolute Gasteiger partial charge is 0.231 e. The lowest BCUT2D eigenvalue weighted by Gasteiger charge is -2.09.